The quantitative estimate of drug-likeness (QED) is 0.473. The number of likely N-dealkylation sites (N-methyl/N-ethyl adjacent to an activating group) is 1. The second-order valence-corrected chi connectivity index (χ2v) is 5.95. The molecule has 0 spiro atoms. The van der Waals surface area contributed by atoms with Crippen molar-refractivity contribution in [2.45, 2.75) is 24.6 Å². The van der Waals surface area contributed by atoms with E-state index in [0.717, 1.165) is 0 Å². The number of hydrogen-bond donors (Lipinski definition) is 2. The molecular weight excluding hydrogens is 300 g/mol. The van der Waals surface area contributed by atoms with Gasteiger partial charge in [-0.1, -0.05) is 20.4 Å². The van der Waals surface area contributed by atoms with Gasteiger partial charge < -0.3 is 14.7 Å². The summed E-state index contributed by atoms with van der Waals surface area (Å²) in [6, 6.07) is 0. The van der Waals surface area contributed by atoms with E-state index in [1.165, 1.54) is 4.90 Å². The van der Waals surface area contributed by atoms with Gasteiger partial charge in [-0.05, 0) is 6.42 Å². The Kier molecular flexibility index (Phi) is 10.1. The summed E-state index contributed by atoms with van der Waals surface area (Å²) < 4.78 is 7.83. The van der Waals surface area contributed by atoms with Gasteiger partial charge in [0.05, 0.1) is 0 Å². The lowest BCUT2D eigenvalue weighted by Gasteiger charge is -2.27. The number of alkyl halides is 2. The van der Waals surface area contributed by atoms with Crippen LogP contribution in [0.4, 0.5) is 0 Å². The molecule has 0 saturated heterocycles. The fourth-order valence-electron chi connectivity index (χ4n) is 1.03. The highest BCUT2D eigenvalue weighted by Gasteiger charge is 2.34. The Balaban J connectivity index is 0. The van der Waals surface area contributed by atoms with Crippen LogP contribution in [0, 0.1) is 5.92 Å². The fraction of sp³-hybridized carbons (Fsp3) is 0.700. The molecule has 18 heavy (non-hydrogen) atoms. The fourth-order valence-corrected chi connectivity index (χ4v) is 1.30. The van der Waals surface area contributed by atoms with E-state index in [9.17, 15) is 4.79 Å². The van der Waals surface area contributed by atoms with E-state index in [1.54, 1.807) is 14.1 Å². The van der Waals surface area contributed by atoms with Gasteiger partial charge >= 0.3 is 8.25 Å². The van der Waals surface area contributed by atoms with Crippen molar-refractivity contribution in [1.82, 2.24) is 4.90 Å². The zero-order valence-electron chi connectivity index (χ0n) is 10.9. The van der Waals surface area contributed by atoms with Crippen molar-refractivity contribution < 1.29 is 19.1 Å². The number of hydrogen-bond acceptors (Lipinski definition) is 2. The molecule has 0 radical (unpaired) electrons. The van der Waals surface area contributed by atoms with E-state index in [2.05, 4.69) is 6.58 Å². The third-order valence-corrected chi connectivity index (χ3v) is 3.50. The summed E-state index contributed by atoms with van der Waals surface area (Å²) in [6.07, 6.45) is 0.580. The molecule has 0 aliphatic heterocycles. The van der Waals surface area contributed by atoms with Gasteiger partial charge in [0.25, 0.3) is 0 Å². The zero-order chi connectivity index (χ0) is 15.1. The SMILES string of the molecule is C=C(C(=O)N(C)C)C(C)C(Cl)(Cl)CC.O=[PH](O)O. The van der Waals surface area contributed by atoms with Crippen LogP contribution >= 0.6 is 31.5 Å². The summed E-state index contributed by atoms with van der Waals surface area (Å²) in [7, 11) is 0.224. The molecule has 108 valence electrons. The molecule has 0 saturated carbocycles. The van der Waals surface area contributed by atoms with E-state index >= 15 is 0 Å². The molecule has 5 nitrogen and oxygen atoms in total. The Morgan fingerprint density at radius 2 is 1.78 bits per heavy atom. The van der Waals surface area contributed by atoms with Crippen LogP contribution in [-0.2, 0) is 9.36 Å². The number of carbonyl (C=O) groups is 1. The summed E-state index contributed by atoms with van der Waals surface area (Å²) >= 11 is 12.1. The van der Waals surface area contributed by atoms with E-state index < -0.39 is 12.6 Å². The molecular formula is C10H20Cl2NO4P. The molecule has 0 aromatic heterocycles. The monoisotopic (exact) mass is 319 g/mol. The van der Waals surface area contributed by atoms with Crippen LogP contribution in [0.5, 0.6) is 0 Å². The lowest BCUT2D eigenvalue weighted by Crippen LogP contribution is -2.32. The third kappa shape index (κ3) is 8.11. The molecule has 2 N–H and O–H groups in total. The minimum absolute atomic E-state index is 0.128. The van der Waals surface area contributed by atoms with Gasteiger partial charge in [-0.2, -0.15) is 0 Å². The Bertz CT molecular complexity index is 317. The van der Waals surface area contributed by atoms with E-state index in [-0.39, 0.29) is 11.8 Å². The second kappa shape index (κ2) is 8.94. The van der Waals surface area contributed by atoms with Crippen LogP contribution in [-0.4, -0.2) is 39.0 Å². The largest absolute Gasteiger partial charge is 0.345 e. The zero-order valence-corrected chi connectivity index (χ0v) is 13.4. The standard InChI is InChI=1S/C10H17Cl2NO.H3O3P/c1-6-10(11,12)8(3)7(2)9(14)13(4)5;1-4(2)3/h8H,2,6H2,1,3-5H3;4H,(H2,1,2,3). The van der Waals surface area contributed by atoms with Crippen molar-refractivity contribution in [3.63, 3.8) is 0 Å². The summed E-state index contributed by atoms with van der Waals surface area (Å²) in [5, 5.41) is 0. The van der Waals surface area contributed by atoms with Crippen molar-refractivity contribution in [3.8, 4) is 0 Å². The van der Waals surface area contributed by atoms with Crippen molar-refractivity contribution in [1.29, 1.82) is 0 Å². The maximum absolute atomic E-state index is 11.6. The normalized spacial score (nSPS) is 12.5. The molecule has 0 aliphatic rings. The predicted molar refractivity (Wildman–Crippen MR) is 75.2 cm³/mol. The molecule has 0 heterocycles. The number of nitrogens with zero attached hydrogens (tertiary/aromatic N) is 1. The van der Waals surface area contributed by atoms with E-state index in [4.69, 9.17) is 37.6 Å². The summed E-state index contributed by atoms with van der Waals surface area (Å²) in [6.45, 7) is 7.42. The summed E-state index contributed by atoms with van der Waals surface area (Å²) in [4.78, 5) is 27.3. The van der Waals surface area contributed by atoms with E-state index in [1.807, 2.05) is 13.8 Å². The molecule has 0 aromatic carbocycles. The molecule has 0 rings (SSSR count). The van der Waals surface area contributed by atoms with Crippen LogP contribution < -0.4 is 0 Å². The third-order valence-electron chi connectivity index (χ3n) is 2.31. The Hall–Kier alpha value is -0.0600. The molecule has 1 atom stereocenters. The first-order chi connectivity index (χ1) is 7.97. The minimum atomic E-state index is -3.13. The first kappa shape index (κ1) is 20.3. The Labute approximate surface area is 118 Å². The van der Waals surface area contributed by atoms with Crippen LogP contribution in [0.1, 0.15) is 20.3 Å². The highest BCUT2D eigenvalue weighted by molar-refractivity contribution is 7.30. The lowest BCUT2D eigenvalue weighted by atomic mass is 9.95. The average Bonchev–Trinajstić information content (AvgIpc) is 2.25. The van der Waals surface area contributed by atoms with E-state index in [0.29, 0.717) is 12.0 Å². The molecule has 1 amide bonds. The van der Waals surface area contributed by atoms with Crippen molar-refractivity contribution >= 4 is 37.4 Å². The van der Waals surface area contributed by atoms with Gasteiger partial charge in [0, 0.05) is 25.6 Å². The van der Waals surface area contributed by atoms with Gasteiger partial charge in [0.1, 0.15) is 4.33 Å². The van der Waals surface area contributed by atoms with Crippen LogP contribution in [0.25, 0.3) is 0 Å². The summed E-state index contributed by atoms with van der Waals surface area (Å²) in [5.74, 6) is -0.373. The predicted octanol–water partition coefficient (Wildman–Crippen LogP) is 2.21. The highest BCUT2D eigenvalue weighted by Crippen LogP contribution is 2.37. The number of amides is 1. The lowest BCUT2D eigenvalue weighted by molar-refractivity contribution is -0.125. The van der Waals surface area contributed by atoms with Crippen LogP contribution in [0.2, 0.25) is 0 Å². The van der Waals surface area contributed by atoms with Gasteiger partial charge in [0.15, 0.2) is 0 Å². The first-order valence-corrected chi connectivity index (χ1v) is 7.23. The van der Waals surface area contributed by atoms with Crippen LogP contribution in [0.3, 0.4) is 0 Å². The van der Waals surface area contributed by atoms with Crippen molar-refractivity contribution in [2.24, 2.45) is 5.92 Å². The smallest absolute Gasteiger partial charge is 0.314 e. The van der Waals surface area contributed by atoms with Crippen molar-refractivity contribution in [3.05, 3.63) is 12.2 Å². The van der Waals surface area contributed by atoms with Gasteiger partial charge in [0.2, 0.25) is 5.91 Å². The highest BCUT2D eigenvalue weighted by atomic mass is 35.5. The number of carbonyl (C=O) groups excluding carboxylic acids is 1. The molecule has 0 bridgehead atoms. The molecule has 1 unspecified atom stereocenters. The average molecular weight is 320 g/mol. The van der Waals surface area contributed by atoms with Crippen LogP contribution in [0.15, 0.2) is 12.2 Å². The van der Waals surface area contributed by atoms with Gasteiger partial charge in [-0.25, -0.2) is 0 Å². The topological polar surface area (TPSA) is 77.8 Å². The first-order valence-electron chi connectivity index (χ1n) is 5.17. The van der Waals surface area contributed by atoms with Gasteiger partial charge in [-0.15, -0.1) is 23.2 Å². The maximum atomic E-state index is 11.6. The molecule has 0 aromatic rings. The molecule has 0 fully saturated rings. The van der Waals surface area contributed by atoms with Crippen molar-refractivity contribution in [2.75, 3.05) is 14.1 Å². The Morgan fingerprint density at radius 3 is 2.00 bits per heavy atom. The molecule has 8 heteroatoms. The summed E-state index contributed by atoms with van der Waals surface area (Å²) in [5.41, 5.74) is 0.446. The number of halogens is 2. The molecule has 0 aliphatic carbocycles. The minimum Gasteiger partial charge on any atom is -0.345 e. The maximum Gasteiger partial charge on any atom is 0.314 e. The van der Waals surface area contributed by atoms with Gasteiger partial charge in [-0.3, -0.25) is 9.36 Å². The second-order valence-electron chi connectivity index (χ2n) is 3.84. The Morgan fingerprint density at radius 1 is 1.44 bits per heavy atom. The number of rotatable bonds is 4.